The van der Waals surface area contributed by atoms with Gasteiger partial charge in [-0.25, -0.2) is 0 Å². The van der Waals surface area contributed by atoms with Crippen LogP contribution >= 0.6 is 0 Å². The number of aromatic nitrogens is 1. The quantitative estimate of drug-likeness (QED) is 0.605. The SMILES string of the molecule is C[C@@H]1CN(c2ccc(C#N)c3ncccc23)C[C@@H]2Cc3cc(N4C[C@@H]5NCCO[C@H]5C4)ccc3CN21. The fourth-order valence-corrected chi connectivity index (χ4v) is 6.81. The lowest BCUT2D eigenvalue weighted by molar-refractivity contribution is 0.0212. The van der Waals surface area contributed by atoms with Gasteiger partial charge in [0.1, 0.15) is 6.07 Å². The molecule has 0 amide bonds. The van der Waals surface area contributed by atoms with E-state index in [2.05, 4.69) is 68.3 Å². The normalized spacial score (nSPS) is 27.9. The fraction of sp³-hybridized carbons (Fsp3) is 0.448. The molecule has 0 bridgehead atoms. The van der Waals surface area contributed by atoms with Gasteiger partial charge in [-0.15, -0.1) is 0 Å². The lowest BCUT2D eigenvalue weighted by Crippen LogP contribution is -2.59. The van der Waals surface area contributed by atoms with Gasteiger partial charge in [0.25, 0.3) is 0 Å². The van der Waals surface area contributed by atoms with E-state index in [1.807, 2.05) is 12.1 Å². The molecule has 4 aliphatic rings. The van der Waals surface area contributed by atoms with Crippen molar-refractivity contribution >= 4 is 22.3 Å². The smallest absolute Gasteiger partial charge is 0.101 e. The highest BCUT2D eigenvalue weighted by Crippen LogP contribution is 2.36. The Balaban J connectivity index is 1.15. The van der Waals surface area contributed by atoms with Gasteiger partial charge >= 0.3 is 0 Å². The molecule has 7 rings (SSSR count). The summed E-state index contributed by atoms with van der Waals surface area (Å²) in [6, 6.07) is 18.9. The first-order chi connectivity index (χ1) is 17.7. The average Bonchev–Trinajstić information content (AvgIpc) is 3.35. The summed E-state index contributed by atoms with van der Waals surface area (Å²) in [6.45, 7) is 9.08. The van der Waals surface area contributed by atoms with Gasteiger partial charge < -0.3 is 19.9 Å². The van der Waals surface area contributed by atoms with Crippen LogP contribution in [0.15, 0.2) is 48.7 Å². The number of nitriles is 1. The molecule has 3 fully saturated rings. The minimum absolute atomic E-state index is 0.301. The van der Waals surface area contributed by atoms with E-state index in [1.165, 1.54) is 22.5 Å². The Bertz CT molecular complexity index is 1340. The number of morpholine rings is 1. The zero-order valence-corrected chi connectivity index (χ0v) is 20.7. The van der Waals surface area contributed by atoms with Crippen LogP contribution in [0.25, 0.3) is 10.9 Å². The van der Waals surface area contributed by atoms with Crippen LogP contribution in [-0.2, 0) is 17.7 Å². The maximum Gasteiger partial charge on any atom is 0.101 e. The Hall–Kier alpha value is -3.18. The first kappa shape index (κ1) is 22.1. The second-order valence-corrected chi connectivity index (χ2v) is 10.8. The first-order valence-electron chi connectivity index (χ1n) is 13.2. The van der Waals surface area contributed by atoms with Crippen LogP contribution in [0.5, 0.6) is 0 Å². The number of benzene rings is 2. The summed E-state index contributed by atoms with van der Waals surface area (Å²) in [5.41, 5.74) is 6.91. The van der Waals surface area contributed by atoms with Gasteiger partial charge in [0.15, 0.2) is 0 Å². The van der Waals surface area contributed by atoms with Crippen LogP contribution in [0.4, 0.5) is 11.4 Å². The second-order valence-electron chi connectivity index (χ2n) is 10.8. The van der Waals surface area contributed by atoms with Crippen LogP contribution in [0, 0.1) is 11.3 Å². The highest BCUT2D eigenvalue weighted by molar-refractivity contribution is 5.95. The number of ether oxygens (including phenoxy) is 1. The minimum Gasteiger partial charge on any atom is -0.373 e. The molecule has 1 N–H and O–H groups in total. The molecule has 3 aromatic rings. The van der Waals surface area contributed by atoms with E-state index in [1.54, 1.807) is 6.20 Å². The van der Waals surface area contributed by atoms with Gasteiger partial charge in [-0.2, -0.15) is 5.26 Å². The zero-order chi connectivity index (χ0) is 24.2. The average molecular weight is 481 g/mol. The van der Waals surface area contributed by atoms with Crippen molar-refractivity contribution in [1.29, 1.82) is 5.26 Å². The maximum atomic E-state index is 9.56. The molecule has 0 aliphatic carbocycles. The first-order valence-corrected chi connectivity index (χ1v) is 13.2. The van der Waals surface area contributed by atoms with Crippen molar-refractivity contribution in [2.45, 2.75) is 44.1 Å². The lowest BCUT2D eigenvalue weighted by Gasteiger charge is -2.49. The number of fused-ring (bicyclic) bond motifs is 4. The topological polar surface area (TPSA) is 67.7 Å². The Labute approximate surface area is 212 Å². The Morgan fingerprint density at radius 1 is 1.06 bits per heavy atom. The van der Waals surface area contributed by atoms with E-state index in [0.717, 1.165) is 63.2 Å². The van der Waals surface area contributed by atoms with Crippen LogP contribution in [0.2, 0.25) is 0 Å². The summed E-state index contributed by atoms with van der Waals surface area (Å²) in [7, 11) is 0. The zero-order valence-electron chi connectivity index (χ0n) is 20.7. The van der Waals surface area contributed by atoms with Gasteiger partial charge in [-0.1, -0.05) is 6.07 Å². The predicted octanol–water partition coefficient (Wildman–Crippen LogP) is 2.92. The Kier molecular flexibility index (Phi) is 5.35. The molecule has 3 saturated heterocycles. The molecule has 36 heavy (non-hydrogen) atoms. The predicted molar refractivity (Wildman–Crippen MR) is 141 cm³/mol. The lowest BCUT2D eigenvalue weighted by atomic mass is 9.89. The number of piperazine rings is 1. The molecule has 1 aromatic heterocycles. The van der Waals surface area contributed by atoms with Crippen molar-refractivity contribution in [2.75, 3.05) is 49.1 Å². The molecule has 184 valence electrons. The molecule has 2 aromatic carbocycles. The van der Waals surface area contributed by atoms with Crippen molar-refractivity contribution < 1.29 is 4.74 Å². The van der Waals surface area contributed by atoms with Crippen LogP contribution in [0.1, 0.15) is 23.6 Å². The maximum absolute atomic E-state index is 9.56. The summed E-state index contributed by atoms with van der Waals surface area (Å²) >= 11 is 0. The third-order valence-electron chi connectivity index (χ3n) is 8.63. The number of hydrogen-bond donors (Lipinski definition) is 1. The van der Waals surface area contributed by atoms with Crippen molar-refractivity contribution in [3.8, 4) is 6.07 Å². The van der Waals surface area contributed by atoms with Gasteiger partial charge in [0.05, 0.1) is 29.8 Å². The molecule has 4 atom stereocenters. The largest absolute Gasteiger partial charge is 0.373 e. The molecular formula is C29H32N6O. The molecule has 4 aliphatic heterocycles. The molecule has 0 spiro atoms. The summed E-state index contributed by atoms with van der Waals surface area (Å²) in [5, 5.41) is 14.3. The van der Waals surface area contributed by atoms with Crippen LogP contribution in [0.3, 0.4) is 0 Å². The number of anilines is 2. The Morgan fingerprint density at radius 3 is 2.89 bits per heavy atom. The van der Waals surface area contributed by atoms with Crippen molar-refractivity contribution in [3.05, 3.63) is 65.4 Å². The van der Waals surface area contributed by atoms with Crippen molar-refractivity contribution in [1.82, 2.24) is 15.2 Å². The summed E-state index contributed by atoms with van der Waals surface area (Å²) in [5.74, 6) is 0. The van der Waals surface area contributed by atoms with Crippen LogP contribution in [-0.4, -0.2) is 73.4 Å². The monoisotopic (exact) mass is 480 g/mol. The van der Waals surface area contributed by atoms with E-state index < -0.39 is 0 Å². The van der Waals surface area contributed by atoms with Gasteiger partial charge in [-0.05, 0) is 60.9 Å². The highest BCUT2D eigenvalue weighted by atomic mass is 16.5. The molecule has 0 saturated carbocycles. The number of hydrogen-bond acceptors (Lipinski definition) is 7. The molecule has 0 unspecified atom stereocenters. The van der Waals surface area contributed by atoms with Gasteiger partial charge in [-0.3, -0.25) is 9.88 Å². The van der Waals surface area contributed by atoms with E-state index >= 15 is 0 Å². The Morgan fingerprint density at radius 2 is 2.00 bits per heavy atom. The molecular weight excluding hydrogens is 448 g/mol. The van der Waals surface area contributed by atoms with E-state index in [-0.39, 0.29) is 0 Å². The second kappa shape index (κ2) is 8.74. The van der Waals surface area contributed by atoms with Gasteiger partial charge in [0.2, 0.25) is 0 Å². The number of nitrogens with one attached hydrogen (secondary N) is 1. The minimum atomic E-state index is 0.301. The standard InChI is InChI=1S/C29H32N6O/c1-19-14-34(27-7-5-20(13-30)29-25(27)3-2-8-32-29)16-24-12-22-11-23(6-4-21(22)15-35(19)24)33-17-26-28(18-33)36-10-9-31-26/h2-8,11,19,24,26,28,31H,9-10,12,14-18H2,1H3/t19-,24+,26+,28+/m1/s1. The summed E-state index contributed by atoms with van der Waals surface area (Å²) in [4.78, 5) is 12.2. The molecule has 7 heteroatoms. The molecule has 7 nitrogen and oxygen atoms in total. The number of nitrogens with zero attached hydrogens (tertiary/aromatic N) is 5. The van der Waals surface area contributed by atoms with E-state index in [0.29, 0.717) is 29.8 Å². The summed E-state index contributed by atoms with van der Waals surface area (Å²) in [6.07, 6.45) is 3.14. The third kappa shape index (κ3) is 3.64. The van der Waals surface area contributed by atoms with Crippen molar-refractivity contribution in [2.24, 2.45) is 0 Å². The number of pyridine rings is 1. The van der Waals surface area contributed by atoms with Gasteiger partial charge in [0, 0.05) is 74.3 Å². The van der Waals surface area contributed by atoms with E-state index in [4.69, 9.17) is 4.74 Å². The fourth-order valence-electron chi connectivity index (χ4n) is 6.81. The van der Waals surface area contributed by atoms with E-state index in [9.17, 15) is 5.26 Å². The highest BCUT2D eigenvalue weighted by Gasteiger charge is 2.38. The molecule has 0 radical (unpaired) electrons. The third-order valence-corrected chi connectivity index (χ3v) is 8.63. The summed E-state index contributed by atoms with van der Waals surface area (Å²) < 4.78 is 6.01. The molecule has 5 heterocycles. The number of rotatable bonds is 2. The van der Waals surface area contributed by atoms with Crippen molar-refractivity contribution in [3.63, 3.8) is 0 Å². The van der Waals surface area contributed by atoms with Crippen LogP contribution < -0.4 is 15.1 Å².